The molecular weight excluding hydrogens is 276 g/mol. The number of benzene rings is 1. The molecule has 0 radical (unpaired) electrons. The van der Waals surface area contributed by atoms with E-state index in [9.17, 15) is 0 Å². The van der Waals surface area contributed by atoms with E-state index in [0.717, 1.165) is 16.2 Å². The molecule has 0 atom stereocenters. The Morgan fingerprint density at radius 1 is 1.37 bits per heavy atom. The minimum atomic E-state index is 0.525. The second-order valence-corrected chi connectivity index (χ2v) is 4.49. The van der Waals surface area contributed by atoms with Crippen molar-refractivity contribution in [3.8, 4) is 0 Å². The average Bonchev–Trinajstić information content (AvgIpc) is 2.38. The number of nitrogens with zero attached hydrogens (tertiary/aromatic N) is 2. The van der Waals surface area contributed by atoms with Gasteiger partial charge in [0.05, 0.1) is 18.0 Å². The van der Waals surface area contributed by atoms with Gasteiger partial charge in [0.25, 0.3) is 0 Å². The van der Waals surface area contributed by atoms with Crippen LogP contribution in [0.4, 0.5) is 5.69 Å². The highest BCUT2D eigenvalue weighted by molar-refractivity contribution is 7.85. The second kappa shape index (κ2) is 8.74. The van der Waals surface area contributed by atoms with Crippen molar-refractivity contribution < 1.29 is 4.74 Å². The van der Waals surface area contributed by atoms with Crippen molar-refractivity contribution in [1.29, 1.82) is 0 Å². The van der Waals surface area contributed by atoms with Gasteiger partial charge in [-0.2, -0.15) is 22.9 Å². The summed E-state index contributed by atoms with van der Waals surface area (Å²) in [4.78, 5) is 0.717. The van der Waals surface area contributed by atoms with E-state index in [1.165, 1.54) is 0 Å². The first-order valence-electron chi connectivity index (χ1n) is 5.55. The van der Waals surface area contributed by atoms with Gasteiger partial charge in [-0.05, 0) is 35.3 Å². The number of rotatable bonds is 6. The fourth-order valence-corrected chi connectivity index (χ4v) is 1.77. The van der Waals surface area contributed by atoms with E-state index in [0.29, 0.717) is 12.3 Å². The summed E-state index contributed by atoms with van der Waals surface area (Å²) in [6.45, 7) is 4.36. The Kier molecular flexibility index (Phi) is 7.25. The maximum absolute atomic E-state index is 5.04. The molecule has 0 bridgehead atoms. The Bertz CT molecular complexity index is 505. The predicted octanol–water partition coefficient (Wildman–Crippen LogP) is 4.69. The first kappa shape index (κ1) is 15.8. The molecule has 19 heavy (non-hydrogen) atoms. The summed E-state index contributed by atoms with van der Waals surface area (Å²) in [6, 6.07) is 7.66. The maximum Gasteiger partial charge on any atom is 0.0857 e. The monoisotopic (exact) mass is 292 g/mol. The first-order chi connectivity index (χ1) is 9.15. The highest BCUT2D eigenvalue weighted by atomic mass is 32.1. The van der Waals surface area contributed by atoms with Crippen molar-refractivity contribution >= 4 is 30.9 Å². The van der Waals surface area contributed by atoms with Crippen LogP contribution in [0.2, 0.25) is 0 Å². The lowest BCUT2D eigenvalue weighted by Gasteiger charge is -1.99. The highest BCUT2D eigenvalue weighted by Gasteiger charge is 1.93. The summed E-state index contributed by atoms with van der Waals surface area (Å²) in [7, 11) is 1.66. The third-order valence-electron chi connectivity index (χ3n) is 2.10. The van der Waals surface area contributed by atoms with E-state index in [1.807, 2.05) is 24.3 Å². The maximum atomic E-state index is 5.04. The Labute approximate surface area is 124 Å². The smallest absolute Gasteiger partial charge is 0.0857 e. The van der Waals surface area contributed by atoms with Gasteiger partial charge in [0.15, 0.2) is 0 Å². The van der Waals surface area contributed by atoms with Crippen LogP contribution in [0, 0.1) is 0 Å². The second-order valence-electron chi connectivity index (χ2n) is 3.68. The largest absolute Gasteiger partial charge is 0.380 e. The third kappa shape index (κ3) is 6.42. The van der Waals surface area contributed by atoms with Gasteiger partial charge >= 0.3 is 0 Å². The van der Waals surface area contributed by atoms with Crippen molar-refractivity contribution in [2.75, 3.05) is 7.11 Å². The van der Waals surface area contributed by atoms with E-state index in [2.05, 4.69) is 42.1 Å². The number of thiol groups is 2. The zero-order chi connectivity index (χ0) is 14.1. The molecule has 0 aliphatic carbocycles. The average molecular weight is 292 g/mol. The number of ether oxygens (including phenoxy) is 1. The molecule has 1 aromatic carbocycles. The zero-order valence-electron chi connectivity index (χ0n) is 10.7. The molecule has 0 N–H and O–H groups in total. The Morgan fingerprint density at radius 3 is 2.63 bits per heavy atom. The van der Waals surface area contributed by atoms with Gasteiger partial charge in [-0.3, -0.25) is 0 Å². The van der Waals surface area contributed by atoms with Crippen LogP contribution >= 0.6 is 25.3 Å². The minimum Gasteiger partial charge on any atom is -0.380 e. The lowest BCUT2D eigenvalue weighted by Crippen LogP contribution is -1.85. The lowest BCUT2D eigenvalue weighted by molar-refractivity contribution is 0.185. The van der Waals surface area contributed by atoms with Crippen molar-refractivity contribution in [2.24, 2.45) is 10.2 Å². The van der Waals surface area contributed by atoms with Crippen molar-refractivity contribution in [1.82, 2.24) is 0 Å². The molecule has 0 fully saturated rings. The third-order valence-corrected chi connectivity index (χ3v) is 2.53. The number of azo groups is 1. The number of methoxy groups -OCH3 is 1. The van der Waals surface area contributed by atoms with Gasteiger partial charge in [-0.15, -0.1) is 12.6 Å². The van der Waals surface area contributed by atoms with Gasteiger partial charge in [0.1, 0.15) is 0 Å². The Balaban J connectivity index is 2.66. The van der Waals surface area contributed by atoms with E-state index >= 15 is 0 Å². The van der Waals surface area contributed by atoms with E-state index in [-0.39, 0.29) is 0 Å². The van der Waals surface area contributed by atoms with Crippen molar-refractivity contribution in [2.45, 2.75) is 6.61 Å². The standard InChI is InChI=1S/C14H16N2OS2/c1-11(9-14(19)7-8-18)15-16-13-5-3-12(4-6-13)10-17-2/h3-9,18-19H,1,10H2,2H3/b8-7+,14-9+,16-15?. The summed E-state index contributed by atoms with van der Waals surface area (Å²) >= 11 is 8.17. The van der Waals surface area contributed by atoms with Crippen LogP contribution < -0.4 is 0 Å². The van der Waals surface area contributed by atoms with Crippen molar-refractivity contribution in [3.05, 3.63) is 64.6 Å². The quantitative estimate of drug-likeness (QED) is 0.445. The molecule has 0 amide bonds. The van der Waals surface area contributed by atoms with Gasteiger partial charge in [0.2, 0.25) is 0 Å². The van der Waals surface area contributed by atoms with E-state index in [1.54, 1.807) is 24.7 Å². The van der Waals surface area contributed by atoms with Gasteiger partial charge in [-0.25, -0.2) is 0 Å². The molecule has 0 aromatic heterocycles. The molecule has 100 valence electrons. The first-order valence-corrected chi connectivity index (χ1v) is 6.52. The highest BCUT2D eigenvalue weighted by Crippen LogP contribution is 2.16. The van der Waals surface area contributed by atoms with Gasteiger partial charge in [0, 0.05) is 12.0 Å². The molecule has 5 heteroatoms. The molecule has 0 aliphatic heterocycles. The van der Waals surface area contributed by atoms with Gasteiger partial charge in [-0.1, -0.05) is 18.7 Å². The molecule has 1 rings (SSSR count). The summed E-state index contributed by atoms with van der Waals surface area (Å²) < 4.78 is 5.04. The van der Waals surface area contributed by atoms with Gasteiger partial charge < -0.3 is 4.74 Å². The SMILES string of the molecule is C=C(/C=C(S)\C=C\S)N=Nc1ccc(COC)cc1. The van der Waals surface area contributed by atoms with E-state index < -0.39 is 0 Å². The predicted molar refractivity (Wildman–Crippen MR) is 86.0 cm³/mol. The zero-order valence-corrected chi connectivity index (χ0v) is 12.4. The fraction of sp³-hybridized carbons (Fsp3) is 0.143. The molecule has 0 heterocycles. The van der Waals surface area contributed by atoms with Crippen molar-refractivity contribution in [3.63, 3.8) is 0 Å². The van der Waals surface area contributed by atoms with Crippen LogP contribution in [0.25, 0.3) is 0 Å². The van der Waals surface area contributed by atoms with Crippen LogP contribution in [-0.4, -0.2) is 7.11 Å². The van der Waals surface area contributed by atoms with Crippen LogP contribution in [0.3, 0.4) is 0 Å². The van der Waals surface area contributed by atoms with Crippen LogP contribution in [-0.2, 0) is 11.3 Å². The normalized spacial score (nSPS) is 12.5. The van der Waals surface area contributed by atoms with Crippen LogP contribution in [0.5, 0.6) is 0 Å². The molecule has 0 saturated heterocycles. The molecule has 3 nitrogen and oxygen atoms in total. The topological polar surface area (TPSA) is 34.0 Å². The molecular formula is C14H16N2OS2. The molecule has 0 spiro atoms. The lowest BCUT2D eigenvalue weighted by atomic mass is 10.2. The number of allylic oxidation sites excluding steroid dienone is 2. The molecule has 1 aromatic rings. The summed E-state index contributed by atoms with van der Waals surface area (Å²) in [5.41, 5.74) is 2.38. The molecule has 0 unspecified atom stereocenters. The summed E-state index contributed by atoms with van der Waals surface area (Å²) in [6.07, 6.45) is 3.44. The summed E-state index contributed by atoms with van der Waals surface area (Å²) in [5, 5.41) is 9.69. The number of hydrogen-bond donors (Lipinski definition) is 2. The Hall–Kier alpha value is -1.30. The minimum absolute atomic E-state index is 0.525. The summed E-state index contributed by atoms with van der Waals surface area (Å²) in [5.74, 6) is 0. The van der Waals surface area contributed by atoms with E-state index in [4.69, 9.17) is 4.74 Å². The Morgan fingerprint density at radius 2 is 2.05 bits per heavy atom. The van der Waals surface area contributed by atoms with Crippen LogP contribution in [0.15, 0.2) is 69.2 Å². The molecule has 0 saturated carbocycles. The fourth-order valence-electron chi connectivity index (χ4n) is 1.27. The van der Waals surface area contributed by atoms with Crippen LogP contribution in [0.1, 0.15) is 5.56 Å². The number of hydrogen-bond acceptors (Lipinski definition) is 5. The molecule has 0 aliphatic rings.